The number of rotatable bonds is 7. The van der Waals surface area contributed by atoms with Gasteiger partial charge in [-0.25, -0.2) is 0 Å². The quantitative estimate of drug-likeness (QED) is 0.649. The molecule has 134 valence electrons. The van der Waals surface area contributed by atoms with Gasteiger partial charge in [0.15, 0.2) is 0 Å². The molecule has 0 bridgehead atoms. The fraction of sp³-hybridized carbons (Fsp3) is 0.526. The van der Waals surface area contributed by atoms with E-state index >= 15 is 0 Å². The molecule has 1 saturated heterocycles. The van der Waals surface area contributed by atoms with E-state index in [9.17, 15) is 4.79 Å². The Morgan fingerprint density at radius 2 is 2.08 bits per heavy atom. The molecule has 6 heteroatoms. The molecule has 0 radical (unpaired) electrons. The summed E-state index contributed by atoms with van der Waals surface area (Å²) >= 11 is 5.91. The number of carbonyl (C=O) groups is 1. The van der Waals surface area contributed by atoms with Crippen molar-refractivity contribution >= 4 is 17.5 Å². The minimum absolute atomic E-state index is 0.0905. The Kier molecular flexibility index (Phi) is 6.08. The third-order valence-corrected chi connectivity index (χ3v) is 4.90. The maximum Gasteiger partial charge on any atom is 0.249 e. The number of nitrogens with zero attached hydrogens (tertiary/aromatic N) is 3. The molecule has 1 atom stereocenters. The maximum atomic E-state index is 12.5. The second-order valence-electron chi connectivity index (χ2n) is 6.52. The van der Waals surface area contributed by atoms with Gasteiger partial charge in [-0.05, 0) is 43.5 Å². The highest BCUT2D eigenvalue weighted by atomic mass is 35.5. The third kappa shape index (κ3) is 4.40. The van der Waals surface area contributed by atoms with Gasteiger partial charge in [0.05, 0.1) is 0 Å². The minimum Gasteiger partial charge on any atom is -0.337 e. The first kappa shape index (κ1) is 17.9. The highest BCUT2D eigenvalue weighted by Gasteiger charge is 2.33. The van der Waals surface area contributed by atoms with Gasteiger partial charge in [0.1, 0.15) is 6.04 Å². The van der Waals surface area contributed by atoms with Crippen LogP contribution in [0.1, 0.15) is 63.8 Å². The zero-order chi connectivity index (χ0) is 17.6. The van der Waals surface area contributed by atoms with Crippen LogP contribution in [0, 0.1) is 0 Å². The van der Waals surface area contributed by atoms with Gasteiger partial charge in [-0.1, -0.05) is 42.9 Å². The predicted molar refractivity (Wildman–Crippen MR) is 97.2 cm³/mol. The van der Waals surface area contributed by atoms with Crippen molar-refractivity contribution in [2.24, 2.45) is 0 Å². The molecule has 25 heavy (non-hydrogen) atoms. The molecular formula is C19H24ClN3O2. The molecule has 2 aromatic rings. The molecule has 1 aliphatic rings. The van der Waals surface area contributed by atoms with Gasteiger partial charge >= 0.3 is 0 Å². The lowest BCUT2D eigenvalue weighted by atomic mass is 10.1. The molecular weight excluding hydrogens is 338 g/mol. The van der Waals surface area contributed by atoms with Crippen LogP contribution in [-0.2, 0) is 4.79 Å². The molecule has 1 aromatic heterocycles. The normalized spacial score (nSPS) is 17.2. The lowest BCUT2D eigenvalue weighted by molar-refractivity contribution is -0.132. The van der Waals surface area contributed by atoms with Crippen molar-refractivity contribution in [1.29, 1.82) is 0 Å². The summed E-state index contributed by atoms with van der Waals surface area (Å²) in [5.74, 6) is 1.27. The average Bonchev–Trinajstić information content (AvgIpc) is 3.28. The van der Waals surface area contributed by atoms with Crippen LogP contribution < -0.4 is 0 Å². The molecule has 1 aliphatic heterocycles. The lowest BCUT2D eigenvalue weighted by Gasteiger charge is -2.21. The van der Waals surface area contributed by atoms with Crippen molar-refractivity contribution in [2.75, 3.05) is 6.54 Å². The Balaban J connectivity index is 1.66. The number of aromatic nitrogens is 2. The molecule has 1 unspecified atom stereocenters. The molecule has 0 aliphatic carbocycles. The Morgan fingerprint density at radius 1 is 1.28 bits per heavy atom. The lowest BCUT2D eigenvalue weighted by Crippen LogP contribution is -2.30. The molecule has 0 spiro atoms. The van der Waals surface area contributed by atoms with Crippen molar-refractivity contribution in [2.45, 2.75) is 57.9 Å². The van der Waals surface area contributed by atoms with Crippen LogP contribution in [0.25, 0.3) is 11.4 Å². The Labute approximate surface area is 153 Å². The topological polar surface area (TPSA) is 59.2 Å². The summed E-state index contributed by atoms with van der Waals surface area (Å²) in [6.45, 7) is 2.95. The molecule has 0 N–H and O–H groups in total. The van der Waals surface area contributed by atoms with Gasteiger partial charge in [-0.2, -0.15) is 4.98 Å². The number of carbonyl (C=O) groups excluding carboxylic acids is 1. The van der Waals surface area contributed by atoms with E-state index in [1.807, 2.05) is 17.0 Å². The molecule has 1 amide bonds. The zero-order valence-corrected chi connectivity index (χ0v) is 15.3. The highest BCUT2D eigenvalue weighted by molar-refractivity contribution is 6.30. The van der Waals surface area contributed by atoms with Crippen LogP contribution in [0.2, 0.25) is 5.02 Å². The maximum absolute atomic E-state index is 12.5. The molecule has 1 aromatic carbocycles. The zero-order valence-electron chi connectivity index (χ0n) is 14.6. The average molecular weight is 362 g/mol. The van der Waals surface area contributed by atoms with E-state index in [1.165, 1.54) is 12.8 Å². The highest BCUT2D eigenvalue weighted by Crippen LogP contribution is 2.33. The third-order valence-electron chi connectivity index (χ3n) is 4.65. The standard InChI is InChI=1S/C19H24ClN3O2/c1-2-3-4-5-8-17(24)23-13-6-7-16(23)19-21-18(22-25-19)14-9-11-15(20)12-10-14/h9-12,16H,2-8,13H2,1H3. The van der Waals surface area contributed by atoms with Crippen molar-refractivity contribution in [3.05, 3.63) is 35.2 Å². The number of amides is 1. The van der Waals surface area contributed by atoms with Crippen molar-refractivity contribution in [3.63, 3.8) is 0 Å². The summed E-state index contributed by atoms with van der Waals surface area (Å²) in [5.41, 5.74) is 0.856. The van der Waals surface area contributed by atoms with E-state index in [-0.39, 0.29) is 11.9 Å². The number of unbranched alkanes of at least 4 members (excludes halogenated alkanes) is 3. The Hall–Kier alpha value is -1.88. The van der Waals surface area contributed by atoms with E-state index in [0.717, 1.165) is 37.8 Å². The van der Waals surface area contributed by atoms with Crippen LogP contribution >= 0.6 is 11.6 Å². The summed E-state index contributed by atoms with van der Waals surface area (Å²) in [6.07, 6.45) is 6.89. The molecule has 5 nitrogen and oxygen atoms in total. The van der Waals surface area contributed by atoms with Gasteiger partial charge < -0.3 is 9.42 Å². The van der Waals surface area contributed by atoms with E-state index in [2.05, 4.69) is 17.1 Å². The Bertz CT molecular complexity index is 699. The summed E-state index contributed by atoms with van der Waals surface area (Å²) < 4.78 is 5.47. The molecule has 1 fully saturated rings. The first-order valence-corrected chi connectivity index (χ1v) is 9.46. The van der Waals surface area contributed by atoms with Crippen LogP contribution in [0.5, 0.6) is 0 Å². The number of halogens is 1. The van der Waals surface area contributed by atoms with Gasteiger partial charge in [-0.15, -0.1) is 0 Å². The molecule has 3 rings (SSSR count). The summed E-state index contributed by atoms with van der Waals surface area (Å²) in [6, 6.07) is 7.24. The Morgan fingerprint density at radius 3 is 2.84 bits per heavy atom. The second kappa shape index (κ2) is 8.48. The molecule has 2 heterocycles. The number of benzene rings is 1. The van der Waals surface area contributed by atoms with Crippen LogP contribution in [-0.4, -0.2) is 27.5 Å². The van der Waals surface area contributed by atoms with Crippen LogP contribution in [0.4, 0.5) is 0 Å². The van der Waals surface area contributed by atoms with Crippen LogP contribution in [0.15, 0.2) is 28.8 Å². The summed E-state index contributed by atoms with van der Waals surface area (Å²) in [7, 11) is 0. The van der Waals surface area contributed by atoms with Gasteiger partial charge in [0.25, 0.3) is 0 Å². The van der Waals surface area contributed by atoms with Crippen molar-refractivity contribution in [1.82, 2.24) is 15.0 Å². The van der Waals surface area contributed by atoms with Gasteiger partial charge in [-0.3, -0.25) is 4.79 Å². The molecule has 0 saturated carbocycles. The van der Waals surface area contributed by atoms with Crippen molar-refractivity contribution < 1.29 is 9.32 Å². The van der Waals surface area contributed by atoms with Crippen molar-refractivity contribution in [3.8, 4) is 11.4 Å². The van der Waals surface area contributed by atoms with E-state index < -0.39 is 0 Å². The fourth-order valence-electron chi connectivity index (χ4n) is 3.26. The minimum atomic E-state index is -0.0905. The van der Waals surface area contributed by atoms with Gasteiger partial charge in [0, 0.05) is 23.6 Å². The van der Waals surface area contributed by atoms with E-state index in [1.54, 1.807) is 12.1 Å². The smallest absolute Gasteiger partial charge is 0.249 e. The van der Waals surface area contributed by atoms with Crippen LogP contribution in [0.3, 0.4) is 0 Å². The van der Waals surface area contributed by atoms with E-state index in [4.69, 9.17) is 16.1 Å². The predicted octanol–water partition coefficient (Wildman–Crippen LogP) is 5.02. The van der Waals surface area contributed by atoms with E-state index in [0.29, 0.717) is 23.2 Å². The summed E-state index contributed by atoms with van der Waals surface area (Å²) in [4.78, 5) is 19.0. The van der Waals surface area contributed by atoms with Gasteiger partial charge in [0.2, 0.25) is 17.6 Å². The fourth-order valence-corrected chi connectivity index (χ4v) is 3.38. The first-order chi connectivity index (χ1) is 12.2. The first-order valence-electron chi connectivity index (χ1n) is 9.08. The monoisotopic (exact) mass is 361 g/mol. The second-order valence-corrected chi connectivity index (χ2v) is 6.96. The SMILES string of the molecule is CCCCCCC(=O)N1CCCC1c1nc(-c2ccc(Cl)cc2)no1. The number of hydrogen-bond acceptors (Lipinski definition) is 4. The number of hydrogen-bond donors (Lipinski definition) is 0. The number of likely N-dealkylation sites (tertiary alicyclic amines) is 1. The largest absolute Gasteiger partial charge is 0.337 e. The summed E-state index contributed by atoms with van der Waals surface area (Å²) in [5, 5.41) is 4.74.